The van der Waals surface area contributed by atoms with E-state index in [1.807, 2.05) is 29.2 Å². The van der Waals surface area contributed by atoms with Gasteiger partial charge in [-0.15, -0.1) is 13.2 Å². The van der Waals surface area contributed by atoms with Gasteiger partial charge in [0.1, 0.15) is 23.1 Å². The number of carboxylic acid groups (broad SMARTS) is 1. The standard InChI is InChI=1S/C26H27F3N4O5/c1-36-18-9-5-17(6-10-18)20-14-33(15-21(20)24(34)35)23-13-22(31-25(32-23)37-2)30-12-11-16-3-7-19(8-4-16)38-26(27,28)29/h3-10,13,20-21H,11-12,14-15H2,1-2H3,(H,34,35)(H,30,31,32). The Morgan fingerprint density at radius 3 is 2.32 bits per heavy atom. The number of ether oxygens (including phenoxy) is 3. The predicted molar refractivity (Wildman–Crippen MR) is 133 cm³/mol. The number of aromatic nitrogens is 2. The number of halogens is 3. The molecule has 4 rings (SSSR count). The van der Waals surface area contributed by atoms with Crippen molar-refractivity contribution < 1.29 is 37.3 Å². The van der Waals surface area contributed by atoms with E-state index in [2.05, 4.69) is 20.0 Å². The Kier molecular flexibility index (Phi) is 8.08. The molecule has 3 aromatic rings. The molecule has 9 nitrogen and oxygen atoms in total. The molecule has 1 saturated heterocycles. The first kappa shape index (κ1) is 26.8. The van der Waals surface area contributed by atoms with Gasteiger partial charge in [0.05, 0.1) is 20.1 Å². The third-order valence-corrected chi connectivity index (χ3v) is 6.26. The summed E-state index contributed by atoms with van der Waals surface area (Å²) >= 11 is 0. The van der Waals surface area contributed by atoms with Crippen molar-refractivity contribution in [2.75, 3.05) is 44.1 Å². The van der Waals surface area contributed by atoms with E-state index in [1.165, 1.54) is 19.2 Å². The summed E-state index contributed by atoms with van der Waals surface area (Å²) in [7, 11) is 3.02. The number of carboxylic acids is 1. The number of carbonyl (C=O) groups is 1. The Labute approximate surface area is 217 Å². The van der Waals surface area contributed by atoms with Crippen LogP contribution in [0.1, 0.15) is 17.0 Å². The molecule has 202 valence electrons. The van der Waals surface area contributed by atoms with Gasteiger partial charge in [-0.25, -0.2) is 0 Å². The second-order valence-electron chi connectivity index (χ2n) is 8.70. The molecule has 1 aliphatic rings. The van der Waals surface area contributed by atoms with Crippen LogP contribution in [0.2, 0.25) is 0 Å². The Morgan fingerprint density at radius 2 is 1.71 bits per heavy atom. The van der Waals surface area contributed by atoms with Crippen molar-refractivity contribution in [1.29, 1.82) is 0 Å². The van der Waals surface area contributed by atoms with E-state index < -0.39 is 18.2 Å². The summed E-state index contributed by atoms with van der Waals surface area (Å²) in [6.45, 7) is 1.14. The molecule has 0 radical (unpaired) electrons. The SMILES string of the molecule is COc1ccc(C2CN(c3cc(NCCc4ccc(OC(F)(F)F)cc4)nc(OC)n3)CC2C(=O)O)cc1. The maximum absolute atomic E-state index is 12.3. The van der Waals surface area contributed by atoms with Crippen LogP contribution < -0.4 is 24.4 Å². The summed E-state index contributed by atoms with van der Waals surface area (Å²) in [5.41, 5.74) is 1.70. The van der Waals surface area contributed by atoms with Crippen LogP contribution in [0, 0.1) is 5.92 Å². The Balaban J connectivity index is 1.44. The zero-order valence-electron chi connectivity index (χ0n) is 20.7. The summed E-state index contributed by atoms with van der Waals surface area (Å²) in [5, 5.41) is 13.1. The van der Waals surface area contributed by atoms with Crippen molar-refractivity contribution in [1.82, 2.24) is 9.97 Å². The largest absolute Gasteiger partial charge is 0.573 e. The fraction of sp³-hybridized carbons (Fsp3) is 0.346. The minimum Gasteiger partial charge on any atom is -0.497 e. The monoisotopic (exact) mass is 532 g/mol. The van der Waals surface area contributed by atoms with E-state index in [-0.39, 0.29) is 24.2 Å². The van der Waals surface area contributed by atoms with Crippen LogP contribution in [0.4, 0.5) is 24.8 Å². The number of nitrogens with one attached hydrogen (secondary N) is 1. The molecule has 2 N–H and O–H groups in total. The molecule has 1 fully saturated rings. The maximum Gasteiger partial charge on any atom is 0.573 e. The molecule has 1 aliphatic heterocycles. The number of alkyl halides is 3. The summed E-state index contributed by atoms with van der Waals surface area (Å²) in [6.07, 6.45) is -4.22. The Morgan fingerprint density at radius 1 is 1.03 bits per heavy atom. The lowest BCUT2D eigenvalue weighted by Crippen LogP contribution is -2.24. The van der Waals surface area contributed by atoms with Crippen LogP contribution in [0.3, 0.4) is 0 Å². The minimum atomic E-state index is -4.73. The molecule has 38 heavy (non-hydrogen) atoms. The van der Waals surface area contributed by atoms with Crippen LogP contribution in [-0.4, -0.2) is 61.3 Å². The molecule has 2 atom stereocenters. The fourth-order valence-corrected chi connectivity index (χ4v) is 4.38. The summed E-state index contributed by atoms with van der Waals surface area (Å²) in [4.78, 5) is 22.7. The number of methoxy groups -OCH3 is 2. The van der Waals surface area contributed by atoms with Crippen molar-refractivity contribution in [3.63, 3.8) is 0 Å². The van der Waals surface area contributed by atoms with Gasteiger partial charge in [-0.3, -0.25) is 4.79 Å². The number of rotatable bonds is 10. The molecule has 0 saturated carbocycles. The van der Waals surface area contributed by atoms with E-state index in [0.717, 1.165) is 11.1 Å². The van der Waals surface area contributed by atoms with Crippen LogP contribution in [-0.2, 0) is 11.2 Å². The number of hydrogen-bond acceptors (Lipinski definition) is 8. The average molecular weight is 533 g/mol. The zero-order chi connectivity index (χ0) is 27.3. The third-order valence-electron chi connectivity index (χ3n) is 6.26. The summed E-state index contributed by atoms with van der Waals surface area (Å²) < 4.78 is 51.4. The third kappa shape index (κ3) is 6.75. The van der Waals surface area contributed by atoms with Crippen molar-refractivity contribution in [3.8, 4) is 17.5 Å². The smallest absolute Gasteiger partial charge is 0.497 e. The molecule has 2 unspecified atom stereocenters. The fourth-order valence-electron chi connectivity index (χ4n) is 4.38. The van der Waals surface area contributed by atoms with Crippen LogP contribution in [0.15, 0.2) is 54.6 Å². The first-order valence-corrected chi connectivity index (χ1v) is 11.8. The number of aliphatic carboxylic acids is 1. The average Bonchev–Trinajstić information content (AvgIpc) is 3.35. The normalized spacial score (nSPS) is 17.2. The quantitative estimate of drug-likeness (QED) is 0.394. The van der Waals surface area contributed by atoms with Crippen LogP contribution >= 0.6 is 0 Å². The molecule has 2 aromatic carbocycles. The van der Waals surface area contributed by atoms with Gasteiger partial charge < -0.3 is 29.5 Å². The number of benzene rings is 2. The molecule has 0 spiro atoms. The second kappa shape index (κ2) is 11.4. The van der Waals surface area contributed by atoms with Crippen molar-refractivity contribution in [3.05, 3.63) is 65.7 Å². The van der Waals surface area contributed by atoms with E-state index in [1.54, 1.807) is 25.3 Å². The molecule has 12 heteroatoms. The van der Waals surface area contributed by atoms with Gasteiger partial charge in [-0.1, -0.05) is 24.3 Å². The molecule has 0 amide bonds. The number of nitrogens with zero attached hydrogens (tertiary/aromatic N) is 3. The Hall–Kier alpha value is -4.22. The Bertz CT molecular complexity index is 1240. The maximum atomic E-state index is 12.3. The van der Waals surface area contributed by atoms with E-state index in [9.17, 15) is 23.1 Å². The molecular weight excluding hydrogens is 505 g/mol. The zero-order valence-corrected chi connectivity index (χ0v) is 20.7. The predicted octanol–water partition coefficient (Wildman–Crippen LogP) is 4.35. The van der Waals surface area contributed by atoms with Gasteiger partial charge in [-0.05, 0) is 41.8 Å². The first-order valence-electron chi connectivity index (χ1n) is 11.8. The number of hydrogen-bond donors (Lipinski definition) is 2. The van der Waals surface area contributed by atoms with Crippen LogP contribution in [0.5, 0.6) is 17.5 Å². The highest BCUT2D eigenvalue weighted by Crippen LogP contribution is 2.36. The molecular formula is C26H27F3N4O5. The highest BCUT2D eigenvalue weighted by atomic mass is 19.4. The van der Waals surface area contributed by atoms with E-state index in [4.69, 9.17) is 9.47 Å². The highest BCUT2D eigenvalue weighted by molar-refractivity contribution is 5.74. The van der Waals surface area contributed by atoms with E-state index in [0.29, 0.717) is 36.9 Å². The highest BCUT2D eigenvalue weighted by Gasteiger charge is 2.39. The lowest BCUT2D eigenvalue weighted by molar-refractivity contribution is -0.274. The topological polar surface area (TPSA) is 106 Å². The molecule has 0 bridgehead atoms. The molecule has 2 heterocycles. The lowest BCUT2D eigenvalue weighted by Gasteiger charge is -2.19. The van der Waals surface area contributed by atoms with E-state index >= 15 is 0 Å². The second-order valence-corrected chi connectivity index (χ2v) is 8.70. The van der Waals surface area contributed by atoms with Gasteiger partial charge in [0, 0.05) is 31.6 Å². The van der Waals surface area contributed by atoms with Gasteiger partial charge >= 0.3 is 18.3 Å². The van der Waals surface area contributed by atoms with Crippen molar-refractivity contribution >= 4 is 17.6 Å². The summed E-state index contributed by atoms with van der Waals surface area (Å²) in [5.74, 6) is -0.363. The minimum absolute atomic E-state index is 0.124. The molecule has 1 aromatic heterocycles. The van der Waals surface area contributed by atoms with Crippen molar-refractivity contribution in [2.45, 2.75) is 18.7 Å². The van der Waals surface area contributed by atoms with Gasteiger partial charge in [0.25, 0.3) is 0 Å². The molecule has 0 aliphatic carbocycles. The first-order chi connectivity index (χ1) is 18.1. The van der Waals surface area contributed by atoms with Crippen LogP contribution in [0.25, 0.3) is 0 Å². The summed E-state index contributed by atoms with van der Waals surface area (Å²) in [6, 6.07) is 14.9. The van der Waals surface area contributed by atoms with Gasteiger partial charge in [0.2, 0.25) is 0 Å². The van der Waals surface area contributed by atoms with Crippen molar-refractivity contribution in [2.24, 2.45) is 5.92 Å². The van der Waals surface area contributed by atoms with Gasteiger partial charge in [-0.2, -0.15) is 9.97 Å². The lowest BCUT2D eigenvalue weighted by atomic mass is 9.89. The number of anilines is 2. The van der Waals surface area contributed by atoms with Gasteiger partial charge in [0.15, 0.2) is 0 Å².